The molecule has 0 amide bonds. The number of anilines is 1. The second kappa shape index (κ2) is 8.77. The molecule has 150 valence electrons. The van der Waals surface area contributed by atoms with Crippen molar-refractivity contribution in [1.82, 2.24) is 0 Å². The molecule has 0 fully saturated rings. The van der Waals surface area contributed by atoms with Gasteiger partial charge >= 0.3 is 12.1 Å². The van der Waals surface area contributed by atoms with E-state index in [2.05, 4.69) is 64.7 Å². The van der Waals surface area contributed by atoms with E-state index in [1.165, 1.54) is 22.0 Å². The summed E-state index contributed by atoms with van der Waals surface area (Å²) >= 11 is 3.64. The van der Waals surface area contributed by atoms with E-state index in [4.69, 9.17) is 15.3 Å². The molecule has 4 nitrogen and oxygen atoms in total. The molecule has 0 saturated carbocycles. The molecule has 1 atom stereocenters. The van der Waals surface area contributed by atoms with Crippen LogP contribution < -0.4 is 4.90 Å². The van der Waals surface area contributed by atoms with Crippen LogP contribution in [0, 0.1) is 5.41 Å². The lowest BCUT2D eigenvalue weighted by atomic mass is 9.96. The number of amidine groups is 1. The van der Waals surface area contributed by atoms with Crippen molar-refractivity contribution in [3.8, 4) is 0 Å². The van der Waals surface area contributed by atoms with E-state index in [-0.39, 0.29) is 0 Å². The van der Waals surface area contributed by atoms with E-state index >= 15 is 0 Å². The molecule has 2 aromatic rings. The van der Waals surface area contributed by atoms with Gasteiger partial charge in [-0.05, 0) is 34.9 Å². The van der Waals surface area contributed by atoms with Crippen molar-refractivity contribution in [2.24, 2.45) is 0 Å². The van der Waals surface area contributed by atoms with E-state index in [1.807, 2.05) is 6.08 Å². The number of hydrogen-bond acceptors (Lipinski definition) is 2. The summed E-state index contributed by atoms with van der Waals surface area (Å²) in [5, 5.41) is 18.0. The highest BCUT2D eigenvalue weighted by Gasteiger charge is 2.38. The predicted octanol–water partition coefficient (Wildman–Crippen LogP) is 6.10. The highest BCUT2D eigenvalue weighted by molar-refractivity contribution is 9.10. The lowest BCUT2D eigenvalue weighted by Crippen LogP contribution is -2.28. The maximum absolute atomic E-state index is 10.6. The highest BCUT2D eigenvalue weighted by Crippen LogP contribution is 2.42. The number of carboxylic acid groups (broad SMARTS) is 1. The molecular formula is C20H20BrF3N2O2. The molecule has 0 aromatic heterocycles. The summed E-state index contributed by atoms with van der Waals surface area (Å²) in [7, 11) is 0. The van der Waals surface area contributed by atoms with Crippen LogP contribution in [-0.4, -0.2) is 29.6 Å². The summed E-state index contributed by atoms with van der Waals surface area (Å²) in [5.41, 5.74) is 2.57. The fraction of sp³-hybridized carbons (Fsp3) is 0.300. The molecule has 0 saturated heterocycles. The maximum Gasteiger partial charge on any atom is 0.490 e. The van der Waals surface area contributed by atoms with Gasteiger partial charge in [0, 0.05) is 29.0 Å². The van der Waals surface area contributed by atoms with Gasteiger partial charge in [0.2, 0.25) is 0 Å². The molecule has 1 aliphatic heterocycles. The number of carboxylic acids is 1. The standard InChI is InChI=1S/C18H19BrN2.C2HF3O2/c1-3-4-8-17(20)21-11-12(2)18-14-6-5-7-15(19)13(14)9-10-16(18)21;3-2(4,5)1(6)7/h3,5-7,9-10,12,20H,1,4,8,11H2,2H3;(H,6,7). The lowest BCUT2D eigenvalue weighted by molar-refractivity contribution is -0.192. The number of fused-ring (bicyclic) bond motifs is 3. The molecule has 0 bridgehead atoms. The van der Waals surface area contributed by atoms with Crippen LogP contribution in [-0.2, 0) is 4.79 Å². The zero-order valence-electron chi connectivity index (χ0n) is 15.2. The molecule has 1 aliphatic rings. The van der Waals surface area contributed by atoms with Gasteiger partial charge in [0.1, 0.15) is 5.84 Å². The van der Waals surface area contributed by atoms with Gasteiger partial charge in [-0.2, -0.15) is 13.2 Å². The zero-order chi connectivity index (χ0) is 21.1. The summed E-state index contributed by atoms with van der Waals surface area (Å²) in [6.07, 6.45) is -1.59. The molecule has 2 aromatic carbocycles. The molecule has 0 spiro atoms. The van der Waals surface area contributed by atoms with Crippen molar-refractivity contribution in [1.29, 1.82) is 5.41 Å². The van der Waals surface area contributed by atoms with E-state index in [9.17, 15) is 13.2 Å². The van der Waals surface area contributed by atoms with Crippen LogP contribution in [0.5, 0.6) is 0 Å². The van der Waals surface area contributed by atoms with Crippen LogP contribution in [0.15, 0.2) is 47.5 Å². The Bertz CT molecular complexity index is 912. The van der Waals surface area contributed by atoms with Crippen LogP contribution >= 0.6 is 15.9 Å². The smallest absolute Gasteiger partial charge is 0.475 e. The minimum Gasteiger partial charge on any atom is -0.475 e. The van der Waals surface area contributed by atoms with Crippen LogP contribution in [0.4, 0.5) is 18.9 Å². The first-order valence-corrected chi connectivity index (χ1v) is 9.34. The first kappa shape index (κ1) is 21.9. The van der Waals surface area contributed by atoms with E-state index in [1.54, 1.807) is 0 Å². The molecule has 1 unspecified atom stereocenters. The number of nitrogens with one attached hydrogen (secondary N) is 1. The molecule has 8 heteroatoms. The largest absolute Gasteiger partial charge is 0.490 e. The van der Waals surface area contributed by atoms with Crippen LogP contribution in [0.25, 0.3) is 10.8 Å². The number of halogens is 4. The minimum absolute atomic E-state index is 0.446. The van der Waals surface area contributed by atoms with Gasteiger partial charge in [-0.3, -0.25) is 5.41 Å². The Morgan fingerprint density at radius 1 is 1.36 bits per heavy atom. The Balaban J connectivity index is 0.000000345. The van der Waals surface area contributed by atoms with E-state index in [0.29, 0.717) is 11.8 Å². The summed E-state index contributed by atoms with van der Waals surface area (Å²) < 4.78 is 32.9. The Kier molecular flexibility index (Phi) is 6.87. The lowest BCUT2D eigenvalue weighted by Gasteiger charge is -2.20. The summed E-state index contributed by atoms with van der Waals surface area (Å²) in [6.45, 7) is 6.90. The van der Waals surface area contributed by atoms with Crippen molar-refractivity contribution < 1.29 is 23.1 Å². The number of alkyl halides is 3. The second-order valence-corrected chi connectivity index (χ2v) is 7.28. The Hall–Kier alpha value is -2.35. The van der Waals surface area contributed by atoms with Gasteiger partial charge in [-0.15, -0.1) is 6.58 Å². The van der Waals surface area contributed by atoms with Gasteiger partial charge in [-0.25, -0.2) is 4.79 Å². The number of benzene rings is 2. The number of allylic oxidation sites excluding steroid dienone is 1. The Morgan fingerprint density at radius 2 is 2.00 bits per heavy atom. The molecule has 2 N–H and O–H groups in total. The fourth-order valence-corrected chi connectivity index (χ4v) is 3.68. The van der Waals surface area contributed by atoms with Crippen molar-refractivity contribution in [2.45, 2.75) is 31.9 Å². The van der Waals surface area contributed by atoms with Crippen molar-refractivity contribution in [2.75, 3.05) is 11.4 Å². The third kappa shape index (κ3) is 4.73. The predicted molar refractivity (Wildman–Crippen MR) is 108 cm³/mol. The molecular weight excluding hydrogens is 437 g/mol. The maximum atomic E-state index is 10.6. The topological polar surface area (TPSA) is 64.4 Å². The molecule has 0 aliphatic carbocycles. The number of carbonyl (C=O) groups is 1. The number of rotatable bonds is 3. The monoisotopic (exact) mass is 456 g/mol. The average molecular weight is 457 g/mol. The first-order chi connectivity index (χ1) is 13.1. The molecule has 3 rings (SSSR count). The fourth-order valence-electron chi connectivity index (χ4n) is 3.18. The van der Waals surface area contributed by atoms with Gasteiger partial charge < -0.3 is 10.0 Å². The van der Waals surface area contributed by atoms with E-state index in [0.717, 1.165) is 23.9 Å². The molecule has 1 heterocycles. The zero-order valence-corrected chi connectivity index (χ0v) is 16.8. The van der Waals surface area contributed by atoms with Crippen molar-refractivity contribution in [3.05, 3.63) is 53.0 Å². The Labute approximate surface area is 169 Å². The number of nitrogens with zero attached hydrogens (tertiary/aromatic N) is 1. The van der Waals surface area contributed by atoms with Crippen LogP contribution in [0.2, 0.25) is 0 Å². The average Bonchev–Trinajstić information content (AvgIpc) is 2.97. The quantitative estimate of drug-likeness (QED) is 0.333. The molecule has 0 radical (unpaired) electrons. The summed E-state index contributed by atoms with van der Waals surface area (Å²) in [6, 6.07) is 10.7. The molecule has 28 heavy (non-hydrogen) atoms. The Morgan fingerprint density at radius 3 is 2.57 bits per heavy atom. The van der Waals surface area contributed by atoms with Gasteiger partial charge in [-0.1, -0.05) is 47.1 Å². The highest BCUT2D eigenvalue weighted by atomic mass is 79.9. The number of aliphatic carboxylic acids is 1. The summed E-state index contributed by atoms with van der Waals surface area (Å²) in [5.74, 6) is -1.62. The summed E-state index contributed by atoms with van der Waals surface area (Å²) in [4.78, 5) is 11.1. The SMILES string of the molecule is C=CCCC(=N)N1CC(C)c2c1ccc1c(Br)cccc21.O=C(O)C(F)(F)F. The van der Waals surface area contributed by atoms with Crippen LogP contribution in [0.3, 0.4) is 0 Å². The van der Waals surface area contributed by atoms with Gasteiger partial charge in [0.15, 0.2) is 0 Å². The van der Waals surface area contributed by atoms with Gasteiger partial charge in [0.25, 0.3) is 0 Å². The first-order valence-electron chi connectivity index (χ1n) is 8.55. The normalized spacial score (nSPS) is 15.6. The third-order valence-electron chi connectivity index (χ3n) is 4.42. The third-order valence-corrected chi connectivity index (χ3v) is 5.11. The number of hydrogen-bond donors (Lipinski definition) is 2. The van der Waals surface area contributed by atoms with Crippen molar-refractivity contribution in [3.63, 3.8) is 0 Å². The van der Waals surface area contributed by atoms with Crippen LogP contribution in [0.1, 0.15) is 31.2 Å². The van der Waals surface area contributed by atoms with E-state index < -0.39 is 12.1 Å². The second-order valence-electron chi connectivity index (χ2n) is 6.42. The van der Waals surface area contributed by atoms with Gasteiger partial charge in [0.05, 0.1) is 0 Å². The van der Waals surface area contributed by atoms with Crippen molar-refractivity contribution >= 4 is 44.2 Å². The minimum atomic E-state index is -5.08.